The summed E-state index contributed by atoms with van der Waals surface area (Å²) in [5.74, 6) is 0.0717. The molecule has 0 spiro atoms. The highest BCUT2D eigenvalue weighted by Gasteiger charge is 2.26. The van der Waals surface area contributed by atoms with Crippen LogP contribution in [0.15, 0.2) is 24.3 Å². The Balaban J connectivity index is 1.60. The second-order valence-electron chi connectivity index (χ2n) is 6.21. The Bertz CT molecular complexity index is 545. The van der Waals surface area contributed by atoms with Crippen molar-refractivity contribution < 1.29 is 9.59 Å². The number of unbranched alkanes of at least 4 members (excludes halogenated alkanes) is 2. The maximum absolute atomic E-state index is 11.9. The normalized spacial score (nSPS) is 20.0. The first-order valence-corrected chi connectivity index (χ1v) is 8.54. The van der Waals surface area contributed by atoms with Crippen LogP contribution >= 0.6 is 0 Å². The molecular formula is C18H27N3O2. The van der Waals surface area contributed by atoms with Crippen molar-refractivity contribution in [2.45, 2.75) is 64.5 Å². The fraction of sp³-hybridized carbons (Fsp3) is 0.556. The number of rotatable bonds is 8. The van der Waals surface area contributed by atoms with E-state index in [0.29, 0.717) is 6.42 Å². The molecule has 1 aromatic carbocycles. The lowest BCUT2D eigenvalue weighted by atomic mass is 10.0. The topological polar surface area (TPSA) is 70.2 Å². The van der Waals surface area contributed by atoms with Crippen molar-refractivity contribution in [1.82, 2.24) is 10.6 Å². The zero-order valence-corrected chi connectivity index (χ0v) is 14.0. The van der Waals surface area contributed by atoms with Gasteiger partial charge in [-0.1, -0.05) is 31.9 Å². The van der Waals surface area contributed by atoms with Gasteiger partial charge in [0, 0.05) is 18.2 Å². The Morgan fingerprint density at radius 1 is 1.22 bits per heavy atom. The molecule has 3 N–H and O–H groups in total. The molecular weight excluding hydrogens is 290 g/mol. The van der Waals surface area contributed by atoms with Crippen LogP contribution in [-0.4, -0.2) is 24.0 Å². The number of urea groups is 1. The summed E-state index contributed by atoms with van der Waals surface area (Å²) in [4.78, 5) is 23.1. The van der Waals surface area contributed by atoms with E-state index in [2.05, 4.69) is 28.9 Å². The molecule has 0 radical (unpaired) electrons. The number of nitrogens with one attached hydrogen (secondary N) is 3. The lowest BCUT2D eigenvalue weighted by Gasteiger charge is -2.13. The SMILES string of the molecule is CCc1cccc(NC(=O)CCCCC[C@@H]2NC(=O)N[C@@H]2C)c1. The van der Waals surface area contributed by atoms with Gasteiger partial charge in [-0.3, -0.25) is 4.79 Å². The van der Waals surface area contributed by atoms with Gasteiger partial charge in [-0.05, 0) is 43.9 Å². The second kappa shape index (κ2) is 8.56. The molecule has 5 heteroatoms. The van der Waals surface area contributed by atoms with Crippen LogP contribution in [0.5, 0.6) is 0 Å². The molecule has 0 aliphatic carbocycles. The molecule has 2 rings (SSSR count). The Morgan fingerprint density at radius 2 is 2.04 bits per heavy atom. The van der Waals surface area contributed by atoms with Crippen molar-refractivity contribution in [3.05, 3.63) is 29.8 Å². The summed E-state index contributed by atoms with van der Waals surface area (Å²) in [5.41, 5.74) is 2.10. The van der Waals surface area contributed by atoms with Gasteiger partial charge in [0.2, 0.25) is 5.91 Å². The van der Waals surface area contributed by atoms with Gasteiger partial charge in [-0.2, -0.15) is 0 Å². The Labute approximate surface area is 138 Å². The van der Waals surface area contributed by atoms with Gasteiger partial charge < -0.3 is 16.0 Å². The number of aryl methyl sites for hydroxylation is 1. The molecule has 2 atom stereocenters. The van der Waals surface area contributed by atoms with E-state index in [1.54, 1.807) is 0 Å². The zero-order valence-electron chi connectivity index (χ0n) is 14.0. The molecule has 0 bridgehead atoms. The van der Waals surface area contributed by atoms with E-state index in [1.807, 2.05) is 25.1 Å². The Morgan fingerprint density at radius 3 is 2.74 bits per heavy atom. The van der Waals surface area contributed by atoms with Crippen molar-refractivity contribution in [2.24, 2.45) is 0 Å². The first-order valence-electron chi connectivity index (χ1n) is 8.54. The second-order valence-corrected chi connectivity index (χ2v) is 6.21. The number of carbonyl (C=O) groups is 2. The van der Waals surface area contributed by atoms with Gasteiger partial charge >= 0.3 is 6.03 Å². The molecule has 1 aromatic rings. The van der Waals surface area contributed by atoms with Crippen LogP contribution in [0.4, 0.5) is 10.5 Å². The lowest BCUT2D eigenvalue weighted by Crippen LogP contribution is -2.30. The third-order valence-corrected chi connectivity index (χ3v) is 4.32. The monoisotopic (exact) mass is 317 g/mol. The number of hydrogen-bond donors (Lipinski definition) is 3. The van der Waals surface area contributed by atoms with Crippen LogP contribution in [0.3, 0.4) is 0 Å². The summed E-state index contributed by atoms with van der Waals surface area (Å²) in [7, 11) is 0. The van der Waals surface area contributed by atoms with E-state index < -0.39 is 0 Å². The van der Waals surface area contributed by atoms with E-state index in [1.165, 1.54) is 5.56 Å². The number of amides is 3. The number of hydrogen-bond acceptors (Lipinski definition) is 2. The molecule has 126 valence electrons. The molecule has 5 nitrogen and oxygen atoms in total. The maximum Gasteiger partial charge on any atom is 0.315 e. The van der Waals surface area contributed by atoms with Crippen LogP contribution in [0, 0.1) is 0 Å². The number of carbonyl (C=O) groups excluding carboxylic acids is 2. The van der Waals surface area contributed by atoms with E-state index in [9.17, 15) is 9.59 Å². The van der Waals surface area contributed by atoms with Crippen LogP contribution in [0.25, 0.3) is 0 Å². The maximum atomic E-state index is 11.9. The van der Waals surface area contributed by atoms with Gasteiger partial charge in [0.1, 0.15) is 0 Å². The van der Waals surface area contributed by atoms with Crippen molar-refractivity contribution in [3.63, 3.8) is 0 Å². The minimum Gasteiger partial charge on any atom is -0.334 e. The van der Waals surface area contributed by atoms with E-state index in [-0.39, 0.29) is 24.0 Å². The molecule has 1 aliphatic rings. The van der Waals surface area contributed by atoms with E-state index >= 15 is 0 Å². The zero-order chi connectivity index (χ0) is 16.7. The van der Waals surface area contributed by atoms with Crippen molar-refractivity contribution in [1.29, 1.82) is 0 Å². The predicted molar refractivity (Wildman–Crippen MR) is 92.5 cm³/mol. The molecule has 1 heterocycles. The first-order chi connectivity index (χ1) is 11.1. The lowest BCUT2D eigenvalue weighted by molar-refractivity contribution is -0.116. The molecule has 0 saturated carbocycles. The summed E-state index contributed by atoms with van der Waals surface area (Å²) in [6.07, 6.45) is 5.37. The number of benzene rings is 1. The van der Waals surface area contributed by atoms with Crippen LogP contribution < -0.4 is 16.0 Å². The average Bonchev–Trinajstić information content (AvgIpc) is 2.85. The largest absolute Gasteiger partial charge is 0.334 e. The molecule has 1 saturated heterocycles. The predicted octanol–water partition coefficient (Wildman–Crippen LogP) is 3.21. The minimum atomic E-state index is -0.0730. The smallest absolute Gasteiger partial charge is 0.315 e. The molecule has 1 fully saturated rings. The van der Waals surface area contributed by atoms with Crippen molar-refractivity contribution >= 4 is 17.6 Å². The summed E-state index contributed by atoms with van der Waals surface area (Å²) in [6.45, 7) is 4.12. The average molecular weight is 317 g/mol. The standard InChI is InChI=1S/C18H27N3O2/c1-3-14-8-7-9-15(12-14)20-17(22)11-6-4-5-10-16-13(2)19-18(23)21-16/h7-9,12-13,16H,3-6,10-11H2,1-2H3,(H,20,22)(H2,19,21,23)/t13-,16+/m1/s1. The summed E-state index contributed by atoms with van der Waals surface area (Å²) in [6, 6.07) is 8.32. The molecule has 23 heavy (non-hydrogen) atoms. The minimum absolute atomic E-state index is 0.0717. The van der Waals surface area contributed by atoms with Gasteiger partial charge in [0.25, 0.3) is 0 Å². The Kier molecular flexibility index (Phi) is 6.44. The first kappa shape index (κ1) is 17.3. The molecule has 1 aliphatic heterocycles. The van der Waals surface area contributed by atoms with Crippen LogP contribution in [-0.2, 0) is 11.2 Å². The van der Waals surface area contributed by atoms with Gasteiger partial charge in [-0.15, -0.1) is 0 Å². The summed E-state index contributed by atoms with van der Waals surface area (Å²) < 4.78 is 0. The third kappa shape index (κ3) is 5.58. The number of anilines is 1. The van der Waals surface area contributed by atoms with E-state index in [0.717, 1.165) is 37.8 Å². The molecule has 3 amide bonds. The highest BCUT2D eigenvalue weighted by atomic mass is 16.2. The fourth-order valence-corrected chi connectivity index (χ4v) is 2.88. The van der Waals surface area contributed by atoms with E-state index in [4.69, 9.17) is 0 Å². The van der Waals surface area contributed by atoms with Gasteiger partial charge in [-0.25, -0.2) is 4.79 Å². The van der Waals surface area contributed by atoms with Crippen LogP contribution in [0.2, 0.25) is 0 Å². The Hall–Kier alpha value is -2.04. The highest BCUT2D eigenvalue weighted by Crippen LogP contribution is 2.14. The third-order valence-electron chi connectivity index (χ3n) is 4.32. The van der Waals surface area contributed by atoms with Crippen molar-refractivity contribution in [3.8, 4) is 0 Å². The molecule has 0 aromatic heterocycles. The fourth-order valence-electron chi connectivity index (χ4n) is 2.88. The van der Waals surface area contributed by atoms with Crippen molar-refractivity contribution in [2.75, 3.05) is 5.32 Å². The summed E-state index contributed by atoms with van der Waals surface area (Å²) in [5, 5.41) is 8.72. The van der Waals surface area contributed by atoms with Gasteiger partial charge in [0.05, 0.1) is 6.04 Å². The molecule has 0 unspecified atom stereocenters. The quantitative estimate of drug-likeness (QED) is 0.644. The van der Waals surface area contributed by atoms with Gasteiger partial charge in [0.15, 0.2) is 0 Å². The highest BCUT2D eigenvalue weighted by molar-refractivity contribution is 5.90. The summed E-state index contributed by atoms with van der Waals surface area (Å²) >= 11 is 0. The van der Waals surface area contributed by atoms with Crippen LogP contribution in [0.1, 0.15) is 51.5 Å².